The highest BCUT2D eigenvalue weighted by molar-refractivity contribution is 6.32. The summed E-state index contributed by atoms with van der Waals surface area (Å²) < 4.78 is 1.84. The van der Waals surface area contributed by atoms with Crippen molar-refractivity contribution in [2.24, 2.45) is 0 Å². The van der Waals surface area contributed by atoms with E-state index in [0.717, 1.165) is 16.7 Å². The summed E-state index contributed by atoms with van der Waals surface area (Å²) in [7, 11) is 0. The quantitative estimate of drug-likeness (QED) is 0.806. The molecular formula is C16H11ClN4O. The van der Waals surface area contributed by atoms with Crippen molar-refractivity contribution in [1.29, 1.82) is 5.26 Å². The molecule has 0 radical (unpaired) electrons. The van der Waals surface area contributed by atoms with Crippen molar-refractivity contribution < 1.29 is 5.11 Å². The molecule has 0 aliphatic carbocycles. The zero-order valence-electron chi connectivity index (χ0n) is 11.4. The van der Waals surface area contributed by atoms with E-state index >= 15 is 0 Å². The lowest BCUT2D eigenvalue weighted by Gasteiger charge is -2.09. The smallest absolute Gasteiger partial charge is 0.134 e. The second kappa shape index (κ2) is 5.88. The molecule has 108 valence electrons. The number of hydrogen-bond donors (Lipinski definition) is 1. The van der Waals surface area contributed by atoms with Crippen LogP contribution in [0.5, 0.6) is 5.75 Å². The van der Waals surface area contributed by atoms with Gasteiger partial charge in [-0.3, -0.25) is 0 Å². The molecule has 0 saturated carbocycles. The van der Waals surface area contributed by atoms with Gasteiger partial charge in [-0.25, -0.2) is 0 Å². The molecule has 6 heteroatoms. The molecule has 0 atom stereocenters. The van der Waals surface area contributed by atoms with Gasteiger partial charge >= 0.3 is 0 Å². The topological polar surface area (TPSA) is 74.7 Å². The normalized spacial score (nSPS) is 10.4. The van der Waals surface area contributed by atoms with E-state index < -0.39 is 0 Å². The number of rotatable bonds is 3. The van der Waals surface area contributed by atoms with E-state index in [0.29, 0.717) is 12.1 Å². The molecule has 1 N–H and O–H groups in total. The summed E-state index contributed by atoms with van der Waals surface area (Å²) in [5.41, 5.74) is 3.12. The van der Waals surface area contributed by atoms with Crippen LogP contribution in [0.25, 0.3) is 11.1 Å². The van der Waals surface area contributed by atoms with E-state index in [-0.39, 0.29) is 10.8 Å². The van der Waals surface area contributed by atoms with Crippen LogP contribution < -0.4 is 0 Å². The number of aromatic nitrogens is 3. The lowest BCUT2D eigenvalue weighted by molar-refractivity contribution is 0.475. The lowest BCUT2D eigenvalue weighted by Crippen LogP contribution is -1.97. The van der Waals surface area contributed by atoms with Gasteiger partial charge in [-0.2, -0.15) is 5.26 Å². The number of halogens is 1. The third-order valence-corrected chi connectivity index (χ3v) is 3.60. The first kappa shape index (κ1) is 14.1. The van der Waals surface area contributed by atoms with Crippen LogP contribution in [0.2, 0.25) is 5.02 Å². The molecule has 0 bridgehead atoms. The van der Waals surface area contributed by atoms with Gasteiger partial charge in [0.05, 0.1) is 23.2 Å². The summed E-state index contributed by atoms with van der Waals surface area (Å²) in [5.74, 6) is 0.0181. The van der Waals surface area contributed by atoms with E-state index in [1.54, 1.807) is 30.9 Å². The number of nitrogens with zero attached hydrogens (tertiary/aromatic N) is 4. The molecule has 0 fully saturated rings. The Morgan fingerprint density at radius 1 is 1.14 bits per heavy atom. The molecule has 1 aromatic heterocycles. The molecule has 0 amide bonds. The molecule has 3 rings (SSSR count). The maximum absolute atomic E-state index is 9.53. The molecule has 2 aromatic carbocycles. The predicted octanol–water partition coefficient (Wildman–Crippen LogP) is 3.22. The van der Waals surface area contributed by atoms with Crippen molar-refractivity contribution in [3.63, 3.8) is 0 Å². The minimum Gasteiger partial charge on any atom is -0.506 e. The van der Waals surface area contributed by atoms with Crippen LogP contribution in [0.4, 0.5) is 0 Å². The first-order valence-electron chi connectivity index (χ1n) is 6.51. The summed E-state index contributed by atoms with van der Waals surface area (Å²) in [5, 5.41) is 26.6. The van der Waals surface area contributed by atoms with E-state index in [2.05, 4.69) is 16.3 Å². The third kappa shape index (κ3) is 2.78. The van der Waals surface area contributed by atoms with Crippen LogP contribution >= 0.6 is 11.6 Å². The fraction of sp³-hybridized carbons (Fsp3) is 0.0625. The summed E-state index contributed by atoms with van der Waals surface area (Å²) in [6, 6.07) is 12.7. The van der Waals surface area contributed by atoms with Gasteiger partial charge in [-0.05, 0) is 41.0 Å². The average Bonchev–Trinajstić information content (AvgIpc) is 3.03. The van der Waals surface area contributed by atoms with Gasteiger partial charge in [0.1, 0.15) is 18.4 Å². The van der Waals surface area contributed by atoms with Gasteiger partial charge in [-0.15, -0.1) is 10.2 Å². The van der Waals surface area contributed by atoms with E-state index in [9.17, 15) is 10.4 Å². The van der Waals surface area contributed by atoms with Gasteiger partial charge < -0.3 is 9.67 Å². The molecule has 1 heterocycles. The number of phenols is 1. The molecule has 0 spiro atoms. The van der Waals surface area contributed by atoms with E-state index in [1.165, 1.54) is 6.07 Å². The Kier molecular flexibility index (Phi) is 3.77. The largest absolute Gasteiger partial charge is 0.506 e. The Morgan fingerprint density at radius 2 is 1.91 bits per heavy atom. The highest BCUT2D eigenvalue weighted by Gasteiger charge is 2.09. The first-order chi connectivity index (χ1) is 10.7. The second-order valence-corrected chi connectivity index (χ2v) is 5.20. The average molecular weight is 311 g/mol. The predicted molar refractivity (Wildman–Crippen MR) is 82.4 cm³/mol. The molecule has 0 saturated heterocycles. The molecular weight excluding hydrogens is 300 g/mol. The van der Waals surface area contributed by atoms with Crippen molar-refractivity contribution in [2.45, 2.75) is 6.54 Å². The number of phenolic OH excluding ortho intramolecular Hbond substituents is 1. The highest BCUT2D eigenvalue weighted by Crippen LogP contribution is 2.31. The van der Waals surface area contributed by atoms with Crippen LogP contribution in [-0.4, -0.2) is 19.9 Å². The van der Waals surface area contributed by atoms with Gasteiger partial charge in [0.15, 0.2) is 0 Å². The number of aromatic hydroxyl groups is 1. The molecule has 0 aliphatic heterocycles. The molecule has 5 nitrogen and oxygen atoms in total. The van der Waals surface area contributed by atoms with Gasteiger partial charge in [-0.1, -0.05) is 23.7 Å². The van der Waals surface area contributed by atoms with Crippen molar-refractivity contribution in [1.82, 2.24) is 14.8 Å². The van der Waals surface area contributed by atoms with Crippen LogP contribution in [-0.2, 0) is 6.54 Å². The number of nitriles is 1. The Bertz CT molecular complexity index is 853. The summed E-state index contributed by atoms with van der Waals surface area (Å²) in [4.78, 5) is 0. The summed E-state index contributed by atoms with van der Waals surface area (Å²) in [6.45, 7) is 0.609. The van der Waals surface area contributed by atoms with Crippen LogP contribution in [0, 0.1) is 11.3 Å². The van der Waals surface area contributed by atoms with Crippen molar-refractivity contribution in [3.05, 3.63) is 65.2 Å². The van der Waals surface area contributed by atoms with Crippen molar-refractivity contribution >= 4 is 11.6 Å². The first-order valence-corrected chi connectivity index (χ1v) is 6.89. The summed E-state index contributed by atoms with van der Waals surface area (Å²) >= 11 is 5.96. The van der Waals surface area contributed by atoms with Crippen LogP contribution in [0.15, 0.2) is 49.1 Å². The summed E-state index contributed by atoms with van der Waals surface area (Å²) in [6.07, 6.45) is 3.27. The SMILES string of the molecule is N#Cc1ccc(Cn2cnnc2)cc1-c1ccc(O)c(Cl)c1. The Labute approximate surface area is 132 Å². The minimum absolute atomic E-state index is 0.0181. The zero-order valence-corrected chi connectivity index (χ0v) is 12.2. The van der Waals surface area contributed by atoms with Gasteiger partial charge in [0, 0.05) is 0 Å². The standard InChI is InChI=1S/C16H11ClN4O/c17-15-6-12(3-4-16(15)22)14-5-11(1-2-13(14)7-18)8-21-9-19-20-10-21/h1-6,9-10,22H,8H2. The third-order valence-electron chi connectivity index (χ3n) is 3.29. The monoisotopic (exact) mass is 310 g/mol. The number of benzene rings is 2. The Balaban J connectivity index is 2.04. The van der Waals surface area contributed by atoms with Crippen molar-refractivity contribution in [2.75, 3.05) is 0 Å². The fourth-order valence-electron chi connectivity index (χ4n) is 2.22. The van der Waals surface area contributed by atoms with Crippen LogP contribution in [0.3, 0.4) is 0 Å². The maximum atomic E-state index is 9.53. The second-order valence-electron chi connectivity index (χ2n) is 4.79. The van der Waals surface area contributed by atoms with E-state index in [1.807, 2.05) is 16.7 Å². The Morgan fingerprint density at radius 3 is 2.59 bits per heavy atom. The fourth-order valence-corrected chi connectivity index (χ4v) is 2.40. The molecule has 0 aliphatic rings. The number of hydrogen-bond acceptors (Lipinski definition) is 4. The van der Waals surface area contributed by atoms with Gasteiger partial charge in [0.2, 0.25) is 0 Å². The molecule has 22 heavy (non-hydrogen) atoms. The zero-order chi connectivity index (χ0) is 15.5. The minimum atomic E-state index is 0.0181. The van der Waals surface area contributed by atoms with Gasteiger partial charge in [0.25, 0.3) is 0 Å². The van der Waals surface area contributed by atoms with Crippen molar-refractivity contribution in [3.8, 4) is 22.9 Å². The van der Waals surface area contributed by atoms with Crippen LogP contribution in [0.1, 0.15) is 11.1 Å². The highest BCUT2D eigenvalue weighted by atomic mass is 35.5. The lowest BCUT2D eigenvalue weighted by atomic mass is 9.97. The molecule has 0 unspecified atom stereocenters. The van der Waals surface area contributed by atoms with E-state index in [4.69, 9.17) is 11.6 Å². The molecule has 3 aromatic rings. The maximum Gasteiger partial charge on any atom is 0.134 e. The Hall–Kier alpha value is -2.84.